The zero-order valence-electron chi connectivity index (χ0n) is 20.2. The van der Waals surface area contributed by atoms with Crippen molar-refractivity contribution in [1.82, 2.24) is 0 Å². The van der Waals surface area contributed by atoms with Crippen molar-refractivity contribution in [3.63, 3.8) is 0 Å². The van der Waals surface area contributed by atoms with E-state index >= 15 is 0 Å². The molecule has 2 N–H and O–H groups in total. The van der Waals surface area contributed by atoms with Gasteiger partial charge in [0.05, 0.1) is 11.5 Å². The van der Waals surface area contributed by atoms with Crippen LogP contribution in [0.3, 0.4) is 0 Å². The van der Waals surface area contributed by atoms with Gasteiger partial charge in [-0.2, -0.15) is 0 Å². The van der Waals surface area contributed by atoms with Crippen LogP contribution in [0.1, 0.15) is 55.4 Å². The van der Waals surface area contributed by atoms with Crippen LogP contribution in [0.15, 0.2) is 60.7 Å². The molecule has 3 aromatic rings. The van der Waals surface area contributed by atoms with Crippen LogP contribution in [0.5, 0.6) is 23.0 Å². The van der Waals surface area contributed by atoms with Crippen LogP contribution in [0.2, 0.25) is 0 Å². The van der Waals surface area contributed by atoms with Crippen LogP contribution in [-0.2, 0) is 11.2 Å². The maximum atomic E-state index is 14.9. The van der Waals surface area contributed by atoms with E-state index in [0.29, 0.717) is 47.8 Å². The number of hydrogen-bond acceptors (Lipinski definition) is 5. The Morgan fingerprint density at radius 1 is 1.00 bits per heavy atom. The fourth-order valence-electron chi connectivity index (χ4n) is 4.64. The molecule has 3 atom stereocenters. The van der Waals surface area contributed by atoms with Crippen molar-refractivity contribution in [1.29, 1.82) is 0 Å². The Morgan fingerprint density at radius 2 is 1.67 bits per heavy atom. The SMILES string of the molecule is CC(C)(O)COc1ccc(Oc2ccc(F)c3c2CCC3Oc2ccc(C3CC3C(=O)O)cc2)cc1. The van der Waals surface area contributed by atoms with Gasteiger partial charge in [0.2, 0.25) is 0 Å². The summed E-state index contributed by atoms with van der Waals surface area (Å²) in [5.41, 5.74) is 1.36. The molecule has 188 valence electrons. The van der Waals surface area contributed by atoms with Gasteiger partial charge in [0.25, 0.3) is 0 Å². The van der Waals surface area contributed by atoms with Gasteiger partial charge in [0.1, 0.15) is 41.5 Å². The van der Waals surface area contributed by atoms with Crippen LogP contribution in [-0.4, -0.2) is 28.4 Å². The molecule has 1 fully saturated rings. The van der Waals surface area contributed by atoms with Crippen LogP contribution in [0.25, 0.3) is 0 Å². The van der Waals surface area contributed by atoms with Gasteiger partial charge in [-0.1, -0.05) is 12.1 Å². The molecule has 0 aromatic heterocycles. The summed E-state index contributed by atoms with van der Waals surface area (Å²) >= 11 is 0. The number of rotatable bonds is 9. The molecule has 0 aliphatic heterocycles. The van der Waals surface area contributed by atoms with Crippen LogP contribution >= 0.6 is 0 Å². The van der Waals surface area contributed by atoms with E-state index in [1.165, 1.54) is 6.07 Å². The van der Waals surface area contributed by atoms with Crippen molar-refractivity contribution in [2.75, 3.05) is 6.61 Å². The van der Waals surface area contributed by atoms with E-state index < -0.39 is 17.7 Å². The molecular weight excluding hydrogens is 463 g/mol. The summed E-state index contributed by atoms with van der Waals surface area (Å²) in [6, 6.07) is 17.5. The molecule has 36 heavy (non-hydrogen) atoms. The first-order valence-electron chi connectivity index (χ1n) is 12.1. The number of carboxylic acid groups (broad SMARTS) is 1. The molecule has 0 heterocycles. The molecule has 0 bridgehead atoms. The smallest absolute Gasteiger partial charge is 0.307 e. The Hall–Kier alpha value is -3.58. The number of halogens is 1. The Balaban J connectivity index is 1.26. The Kier molecular flexibility index (Phi) is 6.35. The highest BCUT2D eigenvalue weighted by molar-refractivity contribution is 5.75. The van der Waals surface area contributed by atoms with Crippen molar-refractivity contribution in [2.24, 2.45) is 5.92 Å². The summed E-state index contributed by atoms with van der Waals surface area (Å²) < 4.78 is 32.7. The Morgan fingerprint density at radius 3 is 2.31 bits per heavy atom. The summed E-state index contributed by atoms with van der Waals surface area (Å²) in [6.07, 6.45) is 1.48. The number of ether oxygens (including phenoxy) is 3. The molecule has 0 saturated heterocycles. The number of carboxylic acids is 1. The highest BCUT2D eigenvalue weighted by Gasteiger charge is 2.44. The van der Waals surface area contributed by atoms with Gasteiger partial charge in [0, 0.05) is 11.1 Å². The molecule has 3 unspecified atom stereocenters. The summed E-state index contributed by atoms with van der Waals surface area (Å²) in [5.74, 6) is 1.10. The first-order chi connectivity index (χ1) is 17.2. The predicted molar refractivity (Wildman–Crippen MR) is 131 cm³/mol. The van der Waals surface area contributed by atoms with Crippen LogP contribution < -0.4 is 14.2 Å². The van der Waals surface area contributed by atoms with Gasteiger partial charge in [-0.3, -0.25) is 4.79 Å². The highest BCUT2D eigenvalue weighted by atomic mass is 19.1. The van der Waals surface area contributed by atoms with E-state index in [2.05, 4.69) is 0 Å². The number of benzene rings is 3. The second-order valence-corrected chi connectivity index (χ2v) is 10.1. The van der Waals surface area contributed by atoms with Crippen molar-refractivity contribution in [3.05, 3.63) is 83.2 Å². The summed E-state index contributed by atoms with van der Waals surface area (Å²) in [5, 5.41) is 18.9. The van der Waals surface area contributed by atoms with E-state index in [4.69, 9.17) is 19.3 Å². The van der Waals surface area contributed by atoms with Crippen molar-refractivity contribution >= 4 is 5.97 Å². The minimum absolute atomic E-state index is 0.0584. The van der Waals surface area contributed by atoms with Gasteiger partial charge in [-0.05, 0) is 93.1 Å². The van der Waals surface area contributed by atoms with Crippen molar-refractivity contribution in [2.45, 2.75) is 50.7 Å². The van der Waals surface area contributed by atoms with Gasteiger partial charge in [0.15, 0.2) is 0 Å². The average molecular weight is 493 g/mol. The third-order valence-electron chi connectivity index (χ3n) is 6.58. The van der Waals surface area contributed by atoms with Gasteiger partial charge in [-0.15, -0.1) is 0 Å². The molecule has 3 aromatic carbocycles. The molecule has 6 nitrogen and oxygen atoms in total. The van der Waals surface area contributed by atoms with Crippen molar-refractivity contribution < 1.29 is 33.6 Å². The topological polar surface area (TPSA) is 85.2 Å². The Bertz CT molecular complexity index is 1250. The molecule has 2 aliphatic carbocycles. The van der Waals surface area contributed by atoms with E-state index in [1.807, 2.05) is 24.3 Å². The van der Waals surface area contributed by atoms with Crippen LogP contribution in [0, 0.1) is 11.7 Å². The van der Waals surface area contributed by atoms with Crippen molar-refractivity contribution in [3.8, 4) is 23.0 Å². The third kappa shape index (κ3) is 5.31. The maximum absolute atomic E-state index is 14.9. The lowest BCUT2D eigenvalue weighted by Crippen LogP contribution is -2.27. The quantitative estimate of drug-likeness (QED) is 0.380. The van der Waals surface area contributed by atoms with Crippen LogP contribution in [0.4, 0.5) is 4.39 Å². The maximum Gasteiger partial charge on any atom is 0.307 e. The molecule has 0 spiro atoms. The molecule has 7 heteroatoms. The predicted octanol–water partition coefficient (Wildman–Crippen LogP) is 6.02. The molecule has 2 aliphatic rings. The Labute approximate surface area is 209 Å². The van der Waals surface area contributed by atoms with E-state index in [9.17, 15) is 14.3 Å². The fraction of sp³-hybridized carbons (Fsp3) is 0.345. The molecule has 5 rings (SSSR count). The first kappa shape index (κ1) is 24.1. The third-order valence-corrected chi connectivity index (χ3v) is 6.58. The first-order valence-corrected chi connectivity index (χ1v) is 12.1. The van der Waals surface area contributed by atoms with Gasteiger partial charge < -0.3 is 24.4 Å². The lowest BCUT2D eigenvalue weighted by molar-refractivity contribution is -0.138. The molecule has 1 saturated carbocycles. The van der Waals surface area contributed by atoms with E-state index in [0.717, 1.165) is 11.1 Å². The molecule has 0 radical (unpaired) electrons. The van der Waals surface area contributed by atoms with E-state index in [-0.39, 0.29) is 24.3 Å². The van der Waals surface area contributed by atoms with Gasteiger partial charge in [-0.25, -0.2) is 4.39 Å². The van der Waals surface area contributed by atoms with Gasteiger partial charge >= 0.3 is 5.97 Å². The zero-order chi connectivity index (χ0) is 25.4. The average Bonchev–Trinajstić information content (AvgIpc) is 3.54. The number of aliphatic carboxylic acids is 1. The number of aliphatic hydroxyl groups is 1. The number of hydrogen-bond donors (Lipinski definition) is 2. The second-order valence-electron chi connectivity index (χ2n) is 10.1. The lowest BCUT2D eigenvalue weighted by Gasteiger charge is -2.18. The summed E-state index contributed by atoms with van der Waals surface area (Å²) in [6.45, 7) is 3.53. The fourth-order valence-corrected chi connectivity index (χ4v) is 4.64. The normalized spacial score (nSPS) is 20.5. The standard InChI is InChI=1S/C29H29FO6/c1-29(2,33)16-34-18-7-9-20(10-8-18)35-25-14-12-24(30)27-21(25)11-13-26(27)36-19-5-3-17(4-6-19)22-15-23(22)28(31)32/h3-10,12,14,22-23,26,33H,11,13,15-16H2,1-2H3,(H,31,32). The monoisotopic (exact) mass is 492 g/mol. The molecule has 0 amide bonds. The minimum atomic E-state index is -0.925. The summed E-state index contributed by atoms with van der Waals surface area (Å²) in [4.78, 5) is 11.1. The second kappa shape index (κ2) is 9.47. The highest BCUT2D eigenvalue weighted by Crippen LogP contribution is 2.48. The largest absolute Gasteiger partial charge is 0.491 e. The number of carbonyl (C=O) groups is 1. The lowest BCUT2D eigenvalue weighted by atomic mass is 10.1. The zero-order valence-corrected chi connectivity index (χ0v) is 20.2. The minimum Gasteiger partial charge on any atom is -0.491 e. The van der Waals surface area contributed by atoms with E-state index in [1.54, 1.807) is 44.2 Å². The number of fused-ring (bicyclic) bond motifs is 1. The summed E-state index contributed by atoms with van der Waals surface area (Å²) in [7, 11) is 0. The molecular formula is C29H29FO6.